The third kappa shape index (κ3) is 4.99. The molecule has 0 bridgehead atoms. The molecule has 1 aromatic carbocycles. The smallest absolute Gasteiger partial charge is 0.221 e. The number of hydrogen-bond acceptors (Lipinski definition) is 5. The first-order valence-electron chi connectivity index (χ1n) is 6.33. The summed E-state index contributed by atoms with van der Waals surface area (Å²) in [5.41, 5.74) is 1.05. The number of Topliss-reactive ketones (excluding diaryl/α,β-unsaturated/α-hetero) is 1. The molecule has 0 radical (unpaired) electrons. The average Bonchev–Trinajstić information content (AvgIpc) is 2.51. The third-order valence-corrected chi connectivity index (χ3v) is 5.53. The lowest BCUT2D eigenvalue weighted by Gasteiger charge is -2.17. The van der Waals surface area contributed by atoms with Crippen LogP contribution >= 0.6 is 35.1 Å². The van der Waals surface area contributed by atoms with Gasteiger partial charge in [0.2, 0.25) is 12.1 Å². The average molecular weight is 365 g/mol. The van der Waals surface area contributed by atoms with Gasteiger partial charge in [-0.2, -0.15) is 0 Å². The first-order chi connectivity index (χ1) is 10.5. The van der Waals surface area contributed by atoms with Crippen LogP contribution in [-0.2, 0) is 20.7 Å². The largest absolute Gasteiger partial charge is 0.349 e. The van der Waals surface area contributed by atoms with Crippen LogP contribution in [0.4, 0.5) is 4.39 Å². The van der Waals surface area contributed by atoms with Crippen LogP contribution in [0.3, 0.4) is 0 Å². The van der Waals surface area contributed by atoms with Gasteiger partial charge in [-0.05, 0) is 36.3 Å². The second-order valence-electron chi connectivity index (χ2n) is 4.25. The molecule has 122 valence electrons. The summed E-state index contributed by atoms with van der Waals surface area (Å²) in [5.74, 6) is -0.680. The summed E-state index contributed by atoms with van der Waals surface area (Å²) < 4.78 is 24.3. The molecule has 1 aromatic rings. The molecule has 0 spiro atoms. The highest BCUT2D eigenvalue weighted by Gasteiger charge is 2.25. The number of carbonyl (C=O) groups is 1. The Bertz CT molecular complexity index is 554. The molecular formula is C15H18ClFO3S2. The van der Waals surface area contributed by atoms with E-state index < -0.39 is 12.1 Å². The summed E-state index contributed by atoms with van der Waals surface area (Å²) in [4.78, 5) is 12.6. The minimum atomic E-state index is -0.989. The van der Waals surface area contributed by atoms with Gasteiger partial charge in [0, 0.05) is 35.5 Å². The minimum Gasteiger partial charge on any atom is -0.349 e. The Balaban J connectivity index is 3.25. The van der Waals surface area contributed by atoms with Crippen molar-refractivity contribution in [2.45, 2.75) is 12.7 Å². The van der Waals surface area contributed by atoms with Crippen LogP contribution in [0.25, 0.3) is 0 Å². The summed E-state index contributed by atoms with van der Waals surface area (Å²) in [6.45, 7) is 0. The van der Waals surface area contributed by atoms with Gasteiger partial charge in [-0.25, -0.2) is 4.39 Å². The first-order valence-corrected chi connectivity index (χ1v) is 9.16. The van der Waals surface area contributed by atoms with Gasteiger partial charge in [0.15, 0.2) is 0 Å². The van der Waals surface area contributed by atoms with Gasteiger partial charge in [0.05, 0.1) is 0 Å². The summed E-state index contributed by atoms with van der Waals surface area (Å²) in [6, 6.07) is 4.10. The molecule has 7 heteroatoms. The topological polar surface area (TPSA) is 35.5 Å². The molecule has 0 aliphatic carbocycles. The van der Waals surface area contributed by atoms with E-state index in [9.17, 15) is 9.18 Å². The SMILES string of the molecule is COC(OC)C(=O)C(Cc1cc(F)ccc1Cl)=C(SC)SC. The molecule has 0 amide bonds. The van der Waals surface area contributed by atoms with E-state index >= 15 is 0 Å². The van der Waals surface area contributed by atoms with E-state index in [4.69, 9.17) is 21.1 Å². The van der Waals surface area contributed by atoms with Crippen molar-refractivity contribution < 1.29 is 18.7 Å². The van der Waals surface area contributed by atoms with Crippen LogP contribution in [0.5, 0.6) is 0 Å². The lowest BCUT2D eigenvalue weighted by atomic mass is 10.0. The lowest BCUT2D eigenvalue weighted by molar-refractivity contribution is -0.152. The van der Waals surface area contributed by atoms with Crippen molar-refractivity contribution in [1.82, 2.24) is 0 Å². The molecule has 0 saturated carbocycles. The van der Waals surface area contributed by atoms with E-state index in [1.807, 2.05) is 12.5 Å². The maximum atomic E-state index is 13.4. The van der Waals surface area contributed by atoms with Crippen LogP contribution in [0.1, 0.15) is 5.56 Å². The fraction of sp³-hybridized carbons (Fsp3) is 0.400. The van der Waals surface area contributed by atoms with Gasteiger partial charge in [0.1, 0.15) is 5.82 Å². The summed E-state index contributed by atoms with van der Waals surface area (Å²) >= 11 is 9.00. The molecule has 3 nitrogen and oxygen atoms in total. The van der Waals surface area contributed by atoms with E-state index in [2.05, 4.69) is 0 Å². The predicted molar refractivity (Wildman–Crippen MR) is 92.0 cm³/mol. The Kier molecular flexibility index (Phi) is 8.49. The number of thioether (sulfide) groups is 2. The van der Waals surface area contributed by atoms with E-state index in [-0.39, 0.29) is 12.2 Å². The number of methoxy groups -OCH3 is 2. The third-order valence-electron chi connectivity index (χ3n) is 2.93. The van der Waals surface area contributed by atoms with Crippen LogP contribution in [-0.4, -0.2) is 38.8 Å². The lowest BCUT2D eigenvalue weighted by Crippen LogP contribution is -2.27. The molecule has 0 aromatic heterocycles. The van der Waals surface area contributed by atoms with Gasteiger partial charge in [0.25, 0.3) is 0 Å². The van der Waals surface area contributed by atoms with E-state index in [1.54, 1.807) is 0 Å². The molecular weight excluding hydrogens is 347 g/mol. The second-order valence-corrected chi connectivity index (χ2v) is 6.55. The maximum absolute atomic E-state index is 13.4. The zero-order valence-corrected chi connectivity index (χ0v) is 15.2. The number of benzene rings is 1. The van der Waals surface area contributed by atoms with Crippen molar-refractivity contribution in [2.75, 3.05) is 26.7 Å². The molecule has 0 heterocycles. The maximum Gasteiger partial charge on any atom is 0.221 e. The van der Waals surface area contributed by atoms with Crippen LogP contribution in [0.15, 0.2) is 28.0 Å². The van der Waals surface area contributed by atoms with Crippen molar-refractivity contribution in [3.05, 3.63) is 44.4 Å². The number of ketones is 1. The van der Waals surface area contributed by atoms with Crippen molar-refractivity contribution in [1.29, 1.82) is 0 Å². The molecule has 22 heavy (non-hydrogen) atoms. The minimum absolute atomic E-state index is 0.218. The van der Waals surface area contributed by atoms with E-state index in [1.165, 1.54) is 55.9 Å². The number of rotatable bonds is 8. The highest BCUT2D eigenvalue weighted by atomic mass is 35.5. The van der Waals surface area contributed by atoms with Crippen LogP contribution in [0.2, 0.25) is 5.02 Å². The summed E-state index contributed by atoms with van der Waals surface area (Å²) in [6.07, 6.45) is 2.98. The van der Waals surface area contributed by atoms with Gasteiger partial charge in [-0.3, -0.25) is 4.79 Å². The van der Waals surface area contributed by atoms with Crippen molar-refractivity contribution in [3.8, 4) is 0 Å². The van der Waals surface area contributed by atoms with Crippen LogP contribution in [0, 0.1) is 5.82 Å². The van der Waals surface area contributed by atoms with E-state index in [0.29, 0.717) is 16.2 Å². The predicted octanol–water partition coefficient (Wildman–Crippen LogP) is 4.15. The number of hydrogen-bond donors (Lipinski definition) is 0. The van der Waals surface area contributed by atoms with Gasteiger partial charge in [-0.1, -0.05) is 11.6 Å². The number of halogens is 2. The van der Waals surface area contributed by atoms with Crippen LogP contribution < -0.4 is 0 Å². The highest BCUT2D eigenvalue weighted by Crippen LogP contribution is 2.32. The molecule has 0 N–H and O–H groups in total. The van der Waals surface area contributed by atoms with E-state index in [0.717, 1.165) is 4.24 Å². The van der Waals surface area contributed by atoms with Gasteiger partial charge >= 0.3 is 0 Å². The molecule has 0 unspecified atom stereocenters. The molecule has 1 rings (SSSR count). The van der Waals surface area contributed by atoms with Crippen molar-refractivity contribution in [2.24, 2.45) is 0 Å². The monoisotopic (exact) mass is 364 g/mol. The Morgan fingerprint density at radius 3 is 2.36 bits per heavy atom. The summed E-state index contributed by atoms with van der Waals surface area (Å²) in [5, 5.41) is 0.416. The Labute approximate surface area is 143 Å². The molecule has 0 saturated heterocycles. The van der Waals surface area contributed by atoms with Gasteiger partial charge < -0.3 is 9.47 Å². The standard InChI is InChI=1S/C15H18ClFO3S2/c1-19-14(20-2)13(18)11(15(21-3)22-4)8-9-7-10(17)5-6-12(9)16/h5-7,14H,8H2,1-4H3. The van der Waals surface area contributed by atoms with Gasteiger partial charge in [-0.15, -0.1) is 23.5 Å². The second kappa shape index (κ2) is 9.57. The zero-order chi connectivity index (χ0) is 16.7. The fourth-order valence-electron chi connectivity index (χ4n) is 1.91. The first kappa shape index (κ1) is 19.5. The number of carbonyl (C=O) groups excluding carboxylic acids is 1. The van der Waals surface area contributed by atoms with Crippen molar-refractivity contribution >= 4 is 40.9 Å². The highest BCUT2D eigenvalue weighted by molar-refractivity contribution is 8.21. The normalized spacial score (nSPS) is 10.9. The molecule has 0 atom stereocenters. The van der Waals surface area contributed by atoms with Crippen molar-refractivity contribution in [3.63, 3.8) is 0 Å². The fourth-order valence-corrected chi connectivity index (χ4v) is 3.60. The molecule has 0 aliphatic heterocycles. The molecule has 0 fully saturated rings. The molecule has 0 aliphatic rings. The Morgan fingerprint density at radius 2 is 1.86 bits per heavy atom. The Hall–Kier alpha value is -0.530. The quantitative estimate of drug-likeness (QED) is 0.511. The Morgan fingerprint density at radius 1 is 1.27 bits per heavy atom. The number of ether oxygens (including phenoxy) is 2. The zero-order valence-electron chi connectivity index (χ0n) is 12.8. The summed E-state index contributed by atoms with van der Waals surface area (Å²) in [7, 11) is 2.80.